The smallest absolute Gasteiger partial charge is 0.254 e. The molecule has 1 N–H and O–H groups in total. The van der Waals surface area contributed by atoms with E-state index >= 15 is 0 Å². The van der Waals surface area contributed by atoms with E-state index in [0.29, 0.717) is 31.8 Å². The first-order valence-corrected chi connectivity index (χ1v) is 16.8. The van der Waals surface area contributed by atoms with Crippen LogP contribution in [0.1, 0.15) is 97.9 Å². The largest absolute Gasteiger partial charge is 0.486 e. The van der Waals surface area contributed by atoms with E-state index in [1.165, 1.54) is 33.5 Å². The maximum Gasteiger partial charge on any atom is 0.254 e. The number of aryl methyl sites for hydroxylation is 3. The van der Waals surface area contributed by atoms with E-state index in [9.17, 15) is 9.90 Å². The van der Waals surface area contributed by atoms with Crippen molar-refractivity contribution in [2.45, 2.75) is 96.2 Å². The van der Waals surface area contributed by atoms with E-state index in [1.807, 2.05) is 21.8 Å². The molecule has 2 aromatic heterocycles. The summed E-state index contributed by atoms with van der Waals surface area (Å²) in [4.78, 5) is 19.8. The maximum atomic E-state index is 12.8. The lowest BCUT2D eigenvalue weighted by Crippen LogP contribution is -2.54. The number of hydrogen-bond donors (Lipinski definition) is 1. The third-order valence-electron chi connectivity index (χ3n) is 10.4. The zero-order valence-electron chi connectivity index (χ0n) is 26.8. The molecule has 7 heteroatoms. The summed E-state index contributed by atoms with van der Waals surface area (Å²) < 4.78 is 8.74. The number of fused-ring (bicyclic) bond motifs is 1. The Morgan fingerprint density at radius 2 is 1.82 bits per heavy atom. The second kappa shape index (κ2) is 12.1. The molecule has 1 saturated carbocycles. The lowest BCUT2D eigenvalue weighted by molar-refractivity contribution is -0.161. The SMILES string of the molecule is CCc1cc(O[C@H]2CCc3cccc(-c4cccc(-n5ncc(C)c5CC)n4)c32)ccc1C1CCN(C(=O)C2(O)CCC2)CC1. The minimum Gasteiger partial charge on any atom is -0.486 e. The Labute approximate surface area is 266 Å². The van der Waals surface area contributed by atoms with Crippen LogP contribution in [0.4, 0.5) is 0 Å². The predicted molar refractivity (Wildman–Crippen MR) is 176 cm³/mol. The average Bonchev–Trinajstić information content (AvgIpc) is 3.66. The highest BCUT2D eigenvalue weighted by Crippen LogP contribution is 2.42. The van der Waals surface area contributed by atoms with Gasteiger partial charge in [0, 0.05) is 29.9 Å². The van der Waals surface area contributed by atoms with Crippen molar-refractivity contribution in [1.82, 2.24) is 19.7 Å². The van der Waals surface area contributed by atoms with Crippen LogP contribution >= 0.6 is 0 Å². The third-order valence-corrected chi connectivity index (χ3v) is 10.4. The summed E-state index contributed by atoms with van der Waals surface area (Å²) in [6.07, 6.45) is 9.63. The standard InChI is InChI=1S/C38H44N4O3/c1-4-26-23-29(14-15-30(26)27-17-21-41(22-18-27)37(43)38(44)19-8-20-38)45-34-16-13-28-9-6-10-31(36(28)34)32-11-7-12-35(40-32)42-33(5-2)25(3)24-39-42/h6-7,9-12,14-15,23-24,27,34,44H,4-5,8,13,16-22H2,1-3H3/t34-/m0/s1. The molecule has 0 bridgehead atoms. The van der Waals surface area contributed by atoms with Crippen molar-refractivity contribution in [3.63, 3.8) is 0 Å². The van der Waals surface area contributed by atoms with E-state index < -0.39 is 5.60 Å². The zero-order valence-corrected chi connectivity index (χ0v) is 26.8. The first-order valence-electron chi connectivity index (χ1n) is 16.8. The van der Waals surface area contributed by atoms with Gasteiger partial charge in [0.2, 0.25) is 0 Å². The third kappa shape index (κ3) is 5.45. The van der Waals surface area contributed by atoms with Gasteiger partial charge in [0.05, 0.1) is 11.9 Å². The van der Waals surface area contributed by atoms with Crippen molar-refractivity contribution >= 4 is 5.91 Å². The van der Waals surface area contributed by atoms with Crippen molar-refractivity contribution in [1.29, 1.82) is 0 Å². The van der Waals surface area contributed by atoms with Gasteiger partial charge in [-0.25, -0.2) is 9.67 Å². The monoisotopic (exact) mass is 604 g/mol. The lowest BCUT2D eigenvalue weighted by atomic mass is 9.78. The number of nitrogens with zero attached hydrogens (tertiary/aromatic N) is 4. The number of aromatic nitrogens is 3. The maximum absolute atomic E-state index is 12.8. The molecule has 1 aliphatic heterocycles. The van der Waals surface area contributed by atoms with Crippen LogP contribution in [0.3, 0.4) is 0 Å². The summed E-state index contributed by atoms with van der Waals surface area (Å²) in [6, 6.07) is 19.3. The van der Waals surface area contributed by atoms with Gasteiger partial charge in [-0.15, -0.1) is 0 Å². The van der Waals surface area contributed by atoms with E-state index in [-0.39, 0.29) is 12.0 Å². The molecule has 0 spiro atoms. The van der Waals surface area contributed by atoms with E-state index in [2.05, 4.69) is 74.4 Å². The molecule has 0 unspecified atom stereocenters. The number of aliphatic hydroxyl groups is 1. The van der Waals surface area contributed by atoms with Crippen molar-refractivity contribution < 1.29 is 14.6 Å². The number of amides is 1. The molecule has 7 nitrogen and oxygen atoms in total. The molecule has 0 radical (unpaired) electrons. The number of carbonyl (C=O) groups is 1. The molecule has 1 saturated heterocycles. The molecular formula is C38H44N4O3. The molecule has 3 heterocycles. The van der Waals surface area contributed by atoms with Gasteiger partial charge >= 0.3 is 0 Å². The summed E-state index contributed by atoms with van der Waals surface area (Å²) in [5.41, 5.74) is 8.57. The van der Waals surface area contributed by atoms with Gasteiger partial charge in [0.25, 0.3) is 5.91 Å². The van der Waals surface area contributed by atoms with Crippen molar-refractivity contribution in [2.24, 2.45) is 0 Å². The topological polar surface area (TPSA) is 80.5 Å². The number of ether oxygens (including phenoxy) is 1. The highest BCUT2D eigenvalue weighted by molar-refractivity contribution is 5.86. The van der Waals surface area contributed by atoms with Gasteiger partial charge in [-0.2, -0.15) is 5.10 Å². The average molecular weight is 605 g/mol. The molecule has 45 heavy (non-hydrogen) atoms. The molecule has 2 fully saturated rings. The first kappa shape index (κ1) is 29.7. The molecule has 2 aromatic carbocycles. The number of carbonyl (C=O) groups excluding carboxylic acids is 1. The number of rotatable bonds is 8. The van der Waals surface area contributed by atoms with Crippen LogP contribution in [0.15, 0.2) is 60.8 Å². The fraction of sp³-hybridized carbons (Fsp3) is 0.447. The normalized spacial score (nSPS) is 19.3. The fourth-order valence-electron chi connectivity index (χ4n) is 7.69. The van der Waals surface area contributed by atoms with Gasteiger partial charge in [-0.3, -0.25) is 4.79 Å². The predicted octanol–water partition coefficient (Wildman–Crippen LogP) is 7.05. The molecule has 2 aliphatic carbocycles. The van der Waals surface area contributed by atoms with Crippen LogP contribution in [-0.2, 0) is 24.1 Å². The zero-order chi connectivity index (χ0) is 31.1. The minimum atomic E-state index is -1.10. The second-order valence-corrected chi connectivity index (χ2v) is 13.1. The van der Waals surface area contributed by atoms with Crippen LogP contribution in [0.5, 0.6) is 5.75 Å². The van der Waals surface area contributed by atoms with Gasteiger partial charge in [0.15, 0.2) is 5.82 Å². The van der Waals surface area contributed by atoms with Crippen LogP contribution in [-0.4, -0.2) is 49.4 Å². The number of pyridine rings is 1. The van der Waals surface area contributed by atoms with Crippen molar-refractivity contribution in [3.05, 3.63) is 94.3 Å². The van der Waals surface area contributed by atoms with Gasteiger partial charge < -0.3 is 14.7 Å². The number of piperidine rings is 1. The van der Waals surface area contributed by atoms with Crippen LogP contribution < -0.4 is 4.74 Å². The van der Waals surface area contributed by atoms with Gasteiger partial charge in [0.1, 0.15) is 17.5 Å². The summed E-state index contributed by atoms with van der Waals surface area (Å²) in [5, 5.41) is 15.2. The highest BCUT2D eigenvalue weighted by Gasteiger charge is 2.45. The molecule has 7 rings (SSSR count). The highest BCUT2D eigenvalue weighted by atomic mass is 16.5. The van der Waals surface area contributed by atoms with E-state index in [4.69, 9.17) is 9.72 Å². The van der Waals surface area contributed by atoms with Gasteiger partial charge in [-0.1, -0.05) is 44.2 Å². The van der Waals surface area contributed by atoms with Crippen LogP contribution in [0.25, 0.3) is 17.1 Å². The number of hydrogen-bond acceptors (Lipinski definition) is 5. The summed E-state index contributed by atoms with van der Waals surface area (Å²) in [6.45, 7) is 7.89. The second-order valence-electron chi connectivity index (χ2n) is 13.1. The summed E-state index contributed by atoms with van der Waals surface area (Å²) in [5.74, 6) is 2.09. The number of benzene rings is 2. The van der Waals surface area contributed by atoms with Crippen LogP contribution in [0.2, 0.25) is 0 Å². The van der Waals surface area contributed by atoms with Crippen molar-refractivity contribution in [3.8, 4) is 22.8 Å². The Morgan fingerprint density at radius 3 is 2.56 bits per heavy atom. The molecule has 3 aliphatic rings. The Morgan fingerprint density at radius 1 is 1.02 bits per heavy atom. The molecular weight excluding hydrogens is 560 g/mol. The summed E-state index contributed by atoms with van der Waals surface area (Å²) >= 11 is 0. The Balaban J connectivity index is 1.10. The Bertz CT molecular complexity index is 1710. The number of likely N-dealkylation sites (tertiary alicyclic amines) is 1. The lowest BCUT2D eigenvalue weighted by Gasteiger charge is -2.42. The van der Waals surface area contributed by atoms with Crippen LogP contribution in [0, 0.1) is 6.92 Å². The quantitative estimate of drug-likeness (QED) is 0.233. The minimum absolute atomic E-state index is 0.0399. The Hall–Kier alpha value is -3.97. The summed E-state index contributed by atoms with van der Waals surface area (Å²) in [7, 11) is 0. The molecule has 4 aromatic rings. The van der Waals surface area contributed by atoms with Crippen molar-refractivity contribution in [2.75, 3.05) is 13.1 Å². The Kier molecular flexibility index (Phi) is 7.98. The fourth-order valence-corrected chi connectivity index (χ4v) is 7.69. The molecule has 234 valence electrons. The molecule has 1 atom stereocenters. The molecule has 1 amide bonds. The van der Waals surface area contributed by atoms with Gasteiger partial charge in [-0.05, 0) is 117 Å². The van der Waals surface area contributed by atoms with E-state index in [0.717, 1.165) is 67.8 Å². The van der Waals surface area contributed by atoms with E-state index in [1.54, 1.807) is 0 Å². The first-order chi connectivity index (χ1) is 21.9.